The molecule has 128 valence electrons. The number of nitrogens with one attached hydrogen (secondary N) is 1. The van der Waals surface area contributed by atoms with E-state index in [1.54, 1.807) is 12.3 Å². The SMILES string of the molecule is C=CCNc1cnc2c(c1)c(C#Cc1ccc(C(F)(F)F)s1)cn2C. The van der Waals surface area contributed by atoms with Gasteiger partial charge in [-0.25, -0.2) is 4.98 Å². The molecular formula is C18H14F3N3S. The molecule has 0 saturated carbocycles. The monoisotopic (exact) mass is 361 g/mol. The third kappa shape index (κ3) is 3.69. The molecule has 1 N–H and O–H groups in total. The molecule has 0 spiro atoms. The second kappa shape index (κ2) is 6.65. The molecule has 3 rings (SSSR count). The van der Waals surface area contributed by atoms with Gasteiger partial charge in [0.25, 0.3) is 0 Å². The van der Waals surface area contributed by atoms with Crippen LogP contribution in [0.5, 0.6) is 0 Å². The molecule has 3 aromatic rings. The number of halogens is 3. The van der Waals surface area contributed by atoms with E-state index in [9.17, 15) is 13.2 Å². The molecule has 0 aliphatic heterocycles. The normalized spacial score (nSPS) is 11.2. The van der Waals surface area contributed by atoms with Gasteiger partial charge in [-0.2, -0.15) is 13.2 Å². The van der Waals surface area contributed by atoms with Crippen LogP contribution in [0.4, 0.5) is 18.9 Å². The van der Waals surface area contributed by atoms with E-state index < -0.39 is 11.1 Å². The minimum absolute atomic E-state index is 0.373. The van der Waals surface area contributed by atoms with Crippen LogP contribution >= 0.6 is 11.3 Å². The molecule has 0 atom stereocenters. The van der Waals surface area contributed by atoms with Gasteiger partial charge in [0.2, 0.25) is 0 Å². The van der Waals surface area contributed by atoms with Crippen molar-refractivity contribution in [3.63, 3.8) is 0 Å². The summed E-state index contributed by atoms with van der Waals surface area (Å²) in [4.78, 5) is 4.13. The zero-order valence-electron chi connectivity index (χ0n) is 13.3. The van der Waals surface area contributed by atoms with E-state index in [4.69, 9.17) is 0 Å². The van der Waals surface area contributed by atoms with Crippen LogP contribution in [0.2, 0.25) is 0 Å². The molecule has 25 heavy (non-hydrogen) atoms. The van der Waals surface area contributed by atoms with E-state index in [0.29, 0.717) is 28.3 Å². The smallest absolute Gasteiger partial charge is 0.380 e. The fraction of sp³-hybridized carbons (Fsp3) is 0.167. The molecule has 7 heteroatoms. The van der Waals surface area contributed by atoms with Gasteiger partial charge in [-0.1, -0.05) is 17.9 Å². The number of alkyl halides is 3. The molecule has 3 aromatic heterocycles. The summed E-state index contributed by atoms with van der Waals surface area (Å²) in [7, 11) is 1.85. The number of thiophene rings is 1. The molecule has 3 heterocycles. The number of aryl methyl sites for hydroxylation is 1. The van der Waals surface area contributed by atoms with Crippen LogP contribution in [0.15, 0.2) is 43.2 Å². The van der Waals surface area contributed by atoms with Gasteiger partial charge < -0.3 is 9.88 Å². The Hall–Kier alpha value is -2.72. The number of aromatic nitrogens is 2. The predicted molar refractivity (Wildman–Crippen MR) is 94.7 cm³/mol. The van der Waals surface area contributed by atoms with Gasteiger partial charge in [0.15, 0.2) is 0 Å². The Balaban J connectivity index is 1.96. The lowest BCUT2D eigenvalue weighted by atomic mass is 10.2. The number of fused-ring (bicyclic) bond motifs is 1. The molecular weight excluding hydrogens is 347 g/mol. The highest BCUT2D eigenvalue weighted by atomic mass is 32.1. The number of rotatable bonds is 3. The van der Waals surface area contributed by atoms with Crippen LogP contribution in [-0.2, 0) is 13.2 Å². The lowest BCUT2D eigenvalue weighted by molar-refractivity contribution is -0.134. The average Bonchev–Trinajstić information content (AvgIpc) is 3.16. The number of pyridine rings is 1. The summed E-state index contributed by atoms with van der Waals surface area (Å²) in [5, 5.41) is 4.00. The summed E-state index contributed by atoms with van der Waals surface area (Å²) < 4.78 is 39.8. The van der Waals surface area contributed by atoms with Crippen LogP contribution < -0.4 is 5.32 Å². The standard InChI is InChI=1S/C18H14F3N3S/c1-3-8-22-13-9-15-12(11-24(2)17(15)23-10-13)4-5-14-6-7-16(25-14)18(19,20)21/h3,6-7,9-11,22H,1,8H2,2H3. The van der Waals surface area contributed by atoms with E-state index in [-0.39, 0.29) is 0 Å². The van der Waals surface area contributed by atoms with Crippen molar-refractivity contribution in [2.45, 2.75) is 6.18 Å². The van der Waals surface area contributed by atoms with Crippen molar-refractivity contribution in [3.05, 3.63) is 58.6 Å². The van der Waals surface area contributed by atoms with Crippen LogP contribution in [-0.4, -0.2) is 16.1 Å². The third-order valence-electron chi connectivity index (χ3n) is 3.47. The Morgan fingerprint density at radius 3 is 2.84 bits per heavy atom. The lowest BCUT2D eigenvalue weighted by Gasteiger charge is -2.03. The van der Waals surface area contributed by atoms with Gasteiger partial charge in [-0.15, -0.1) is 17.9 Å². The molecule has 0 saturated heterocycles. The van der Waals surface area contributed by atoms with E-state index in [0.717, 1.165) is 22.8 Å². The highest BCUT2D eigenvalue weighted by Gasteiger charge is 2.32. The van der Waals surface area contributed by atoms with Crippen molar-refractivity contribution >= 4 is 28.1 Å². The summed E-state index contributed by atoms with van der Waals surface area (Å²) in [6.45, 7) is 4.26. The van der Waals surface area contributed by atoms with Crippen molar-refractivity contribution in [1.82, 2.24) is 9.55 Å². The number of hydrogen-bond donors (Lipinski definition) is 1. The molecule has 0 aliphatic carbocycles. The van der Waals surface area contributed by atoms with Crippen molar-refractivity contribution in [2.24, 2.45) is 7.05 Å². The van der Waals surface area contributed by atoms with Crippen molar-refractivity contribution in [2.75, 3.05) is 11.9 Å². The van der Waals surface area contributed by atoms with Crippen molar-refractivity contribution in [1.29, 1.82) is 0 Å². The Labute approximate surface area is 146 Å². The van der Waals surface area contributed by atoms with E-state index in [1.165, 1.54) is 6.07 Å². The van der Waals surface area contributed by atoms with Crippen LogP contribution in [0, 0.1) is 11.8 Å². The summed E-state index contributed by atoms with van der Waals surface area (Å²) >= 11 is 0.641. The second-order valence-corrected chi connectivity index (χ2v) is 6.41. The fourth-order valence-electron chi connectivity index (χ4n) is 2.33. The van der Waals surface area contributed by atoms with Crippen molar-refractivity contribution < 1.29 is 13.2 Å². The highest BCUT2D eigenvalue weighted by molar-refractivity contribution is 7.12. The predicted octanol–water partition coefficient (Wildman–Crippen LogP) is 4.65. The summed E-state index contributed by atoms with van der Waals surface area (Å²) in [6.07, 6.45) is 0.947. The zero-order chi connectivity index (χ0) is 18.0. The summed E-state index contributed by atoms with van der Waals surface area (Å²) in [5.74, 6) is 5.77. The van der Waals surface area contributed by atoms with Gasteiger partial charge in [-0.3, -0.25) is 0 Å². The van der Waals surface area contributed by atoms with Gasteiger partial charge >= 0.3 is 6.18 Å². The average molecular weight is 361 g/mol. The molecule has 0 aromatic carbocycles. The first-order chi connectivity index (χ1) is 11.9. The summed E-state index contributed by atoms with van der Waals surface area (Å²) in [6, 6.07) is 4.36. The summed E-state index contributed by atoms with van der Waals surface area (Å²) in [5.41, 5.74) is 2.31. The molecule has 0 aliphatic rings. The molecule has 3 nitrogen and oxygen atoms in total. The Kier molecular flexibility index (Phi) is 4.55. The Bertz CT molecular complexity index is 987. The first-order valence-electron chi connectivity index (χ1n) is 7.37. The van der Waals surface area contributed by atoms with Gasteiger partial charge in [0, 0.05) is 25.2 Å². The molecule has 0 amide bonds. The maximum Gasteiger partial charge on any atom is 0.425 e. The highest BCUT2D eigenvalue weighted by Crippen LogP contribution is 2.34. The van der Waals surface area contributed by atoms with Gasteiger partial charge in [-0.05, 0) is 18.2 Å². The molecule has 0 radical (unpaired) electrons. The number of anilines is 1. The minimum Gasteiger partial charge on any atom is -0.380 e. The van der Waals surface area contributed by atoms with E-state index in [2.05, 4.69) is 28.7 Å². The van der Waals surface area contributed by atoms with E-state index >= 15 is 0 Å². The van der Waals surface area contributed by atoms with Crippen LogP contribution in [0.25, 0.3) is 11.0 Å². The largest absolute Gasteiger partial charge is 0.425 e. The Morgan fingerprint density at radius 1 is 1.36 bits per heavy atom. The molecule has 0 unspecified atom stereocenters. The maximum absolute atomic E-state index is 12.7. The maximum atomic E-state index is 12.7. The number of hydrogen-bond acceptors (Lipinski definition) is 3. The van der Waals surface area contributed by atoms with Crippen LogP contribution in [0.1, 0.15) is 15.3 Å². The first kappa shape index (κ1) is 17.1. The lowest BCUT2D eigenvalue weighted by Crippen LogP contribution is -2.00. The van der Waals surface area contributed by atoms with Crippen molar-refractivity contribution in [3.8, 4) is 11.8 Å². The topological polar surface area (TPSA) is 29.9 Å². The first-order valence-corrected chi connectivity index (χ1v) is 8.19. The van der Waals surface area contributed by atoms with Gasteiger partial charge in [0.1, 0.15) is 10.5 Å². The molecule has 0 fully saturated rings. The van der Waals surface area contributed by atoms with Gasteiger partial charge in [0.05, 0.1) is 22.3 Å². The van der Waals surface area contributed by atoms with Crippen LogP contribution in [0.3, 0.4) is 0 Å². The zero-order valence-corrected chi connectivity index (χ0v) is 14.1. The van der Waals surface area contributed by atoms with E-state index in [1.807, 2.05) is 23.9 Å². The third-order valence-corrected chi connectivity index (χ3v) is 4.52. The quantitative estimate of drug-likeness (QED) is 0.544. The fourth-order valence-corrected chi connectivity index (χ4v) is 3.06. The number of nitrogens with zero attached hydrogens (tertiary/aromatic N) is 2. The minimum atomic E-state index is -4.33. The Morgan fingerprint density at radius 2 is 2.16 bits per heavy atom. The second-order valence-electron chi connectivity index (χ2n) is 5.33. The molecule has 0 bridgehead atoms.